The smallest absolute Gasteiger partial charge is 0.323 e. The van der Waals surface area contributed by atoms with Crippen molar-refractivity contribution in [3.05, 3.63) is 0 Å². The lowest BCUT2D eigenvalue weighted by Gasteiger charge is -2.17. The third-order valence-corrected chi connectivity index (χ3v) is 3.30. The highest BCUT2D eigenvalue weighted by Gasteiger charge is 2.41. The van der Waals surface area contributed by atoms with Crippen molar-refractivity contribution >= 4 is 5.97 Å². The molecule has 0 aromatic carbocycles. The highest BCUT2D eigenvalue weighted by Crippen LogP contribution is 2.30. The second-order valence-electron chi connectivity index (χ2n) is 4.12. The largest absolute Gasteiger partial charge is 0.465 e. The van der Waals surface area contributed by atoms with Crippen LogP contribution >= 0.6 is 0 Å². The summed E-state index contributed by atoms with van der Waals surface area (Å²) in [6.45, 7) is 8.76. The predicted octanol–water partition coefficient (Wildman–Crippen LogP) is 1.57. The number of ether oxygens (including phenoxy) is 1. The maximum Gasteiger partial charge on any atom is 0.323 e. The molecule has 0 aliphatic carbocycles. The standard InChI is InChI=1S/C11H21NO2/c1-5-9-7(3)10(12-8(9)4)11(13)14-6-2/h7-10,12H,5-6H2,1-4H3. The van der Waals surface area contributed by atoms with Crippen molar-refractivity contribution in [2.45, 2.75) is 46.2 Å². The van der Waals surface area contributed by atoms with Crippen LogP contribution in [0.4, 0.5) is 0 Å². The van der Waals surface area contributed by atoms with Crippen LogP contribution in [0.1, 0.15) is 34.1 Å². The van der Waals surface area contributed by atoms with E-state index in [1.54, 1.807) is 0 Å². The molecule has 1 heterocycles. The Morgan fingerprint density at radius 1 is 1.36 bits per heavy atom. The van der Waals surface area contributed by atoms with Crippen LogP contribution in [0.15, 0.2) is 0 Å². The van der Waals surface area contributed by atoms with Gasteiger partial charge in [0.2, 0.25) is 0 Å². The van der Waals surface area contributed by atoms with Gasteiger partial charge in [-0.1, -0.05) is 20.3 Å². The fourth-order valence-corrected chi connectivity index (χ4v) is 2.50. The number of nitrogens with one attached hydrogen (secondary N) is 1. The van der Waals surface area contributed by atoms with Gasteiger partial charge in [0.1, 0.15) is 6.04 Å². The minimum atomic E-state index is -0.102. The maximum atomic E-state index is 11.6. The van der Waals surface area contributed by atoms with Crippen LogP contribution < -0.4 is 5.32 Å². The Kier molecular flexibility index (Phi) is 3.93. The molecule has 0 amide bonds. The molecule has 4 atom stereocenters. The molecular formula is C11H21NO2. The van der Waals surface area contributed by atoms with Crippen LogP contribution in [-0.4, -0.2) is 24.7 Å². The van der Waals surface area contributed by atoms with Crippen molar-refractivity contribution in [3.63, 3.8) is 0 Å². The first-order chi connectivity index (χ1) is 6.61. The normalized spacial score (nSPS) is 37.1. The fraction of sp³-hybridized carbons (Fsp3) is 0.909. The summed E-state index contributed by atoms with van der Waals surface area (Å²) in [4.78, 5) is 11.6. The van der Waals surface area contributed by atoms with Crippen molar-refractivity contribution in [3.8, 4) is 0 Å². The molecule has 0 saturated carbocycles. The first-order valence-corrected chi connectivity index (χ1v) is 5.54. The molecule has 1 rings (SSSR count). The van der Waals surface area contributed by atoms with Crippen LogP contribution in [0, 0.1) is 11.8 Å². The number of hydrogen-bond acceptors (Lipinski definition) is 3. The topological polar surface area (TPSA) is 38.3 Å². The SMILES string of the molecule is CCOC(=O)C1NC(C)C(CC)C1C. The molecular weight excluding hydrogens is 178 g/mol. The lowest BCUT2D eigenvalue weighted by Crippen LogP contribution is -2.38. The summed E-state index contributed by atoms with van der Waals surface area (Å²) >= 11 is 0. The maximum absolute atomic E-state index is 11.6. The van der Waals surface area contributed by atoms with Gasteiger partial charge in [-0.05, 0) is 25.7 Å². The number of rotatable bonds is 3. The van der Waals surface area contributed by atoms with Gasteiger partial charge < -0.3 is 10.1 Å². The number of esters is 1. The van der Waals surface area contributed by atoms with Crippen LogP contribution in [0.5, 0.6) is 0 Å². The average Bonchev–Trinajstić information content (AvgIpc) is 2.42. The van der Waals surface area contributed by atoms with E-state index < -0.39 is 0 Å². The highest BCUT2D eigenvalue weighted by molar-refractivity contribution is 5.76. The predicted molar refractivity (Wildman–Crippen MR) is 56.0 cm³/mol. The number of hydrogen-bond donors (Lipinski definition) is 1. The van der Waals surface area contributed by atoms with E-state index in [2.05, 4.69) is 26.1 Å². The van der Waals surface area contributed by atoms with Crippen LogP contribution in [0.3, 0.4) is 0 Å². The Morgan fingerprint density at radius 2 is 2.00 bits per heavy atom. The summed E-state index contributed by atoms with van der Waals surface area (Å²) in [5.74, 6) is 0.876. The monoisotopic (exact) mass is 199 g/mol. The van der Waals surface area contributed by atoms with E-state index in [-0.39, 0.29) is 12.0 Å². The van der Waals surface area contributed by atoms with Crippen molar-refractivity contribution in [1.82, 2.24) is 5.32 Å². The van der Waals surface area contributed by atoms with E-state index in [0.717, 1.165) is 6.42 Å². The molecule has 0 aromatic rings. The summed E-state index contributed by atoms with van der Waals surface area (Å²) in [6.07, 6.45) is 1.12. The van der Waals surface area contributed by atoms with E-state index in [4.69, 9.17) is 4.74 Å². The van der Waals surface area contributed by atoms with Crippen molar-refractivity contribution in [1.29, 1.82) is 0 Å². The van der Waals surface area contributed by atoms with Crippen LogP contribution in [0.25, 0.3) is 0 Å². The zero-order chi connectivity index (χ0) is 10.7. The zero-order valence-electron chi connectivity index (χ0n) is 9.54. The molecule has 0 bridgehead atoms. The van der Waals surface area contributed by atoms with Gasteiger partial charge in [-0.15, -0.1) is 0 Å². The fourth-order valence-electron chi connectivity index (χ4n) is 2.50. The summed E-state index contributed by atoms with van der Waals surface area (Å²) < 4.78 is 5.04. The van der Waals surface area contributed by atoms with Crippen LogP contribution in [0.2, 0.25) is 0 Å². The van der Waals surface area contributed by atoms with E-state index >= 15 is 0 Å². The van der Waals surface area contributed by atoms with E-state index in [0.29, 0.717) is 24.5 Å². The zero-order valence-corrected chi connectivity index (χ0v) is 9.54. The van der Waals surface area contributed by atoms with Gasteiger partial charge in [0, 0.05) is 6.04 Å². The number of carbonyl (C=O) groups excluding carboxylic acids is 1. The molecule has 14 heavy (non-hydrogen) atoms. The number of carbonyl (C=O) groups is 1. The summed E-state index contributed by atoms with van der Waals surface area (Å²) in [6, 6.07) is 0.319. The molecule has 3 heteroatoms. The van der Waals surface area contributed by atoms with E-state index in [1.165, 1.54) is 0 Å². The summed E-state index contributed by atoms with van der Waals surface area (Å²) in [5.41, 5.74) is 0. The lowest BCUT2D eigenvalue weighted by molar-refractivity contribution is -0.146. The molecule has 0 radical (unpaired) electrons. The van der Waals surface area contributed by atoms with Gasteiger partial charge in [-0.2, -0.15) is 0 Å². The van der Waals surface area contributed by atoms with Gasteiger partial charge >= 0.3 is 5.97 Å². The Morgan fingerprint density at radius 3 is 2.43 bits per heavy atom. The highest BCUT2D eigenvalue weighted by atomic mass is 16.5. The quantitative estimate of drug-likeness (QED) is 0.701. The van der Waals surface area contributed by atoms with Gasteiger partial charge in [-0.3, -0.25) is 4.79 Å². The minimum absolute atomic E-state index is 0.0946. The molecule has 1 saturated heterocycles. The molecule has 82 valence electrons. The first-order valence-electron chi connectivity index (χ1n) is 5.54. The molecule has 4 unspecified atom stereocenters. The van der Waals surface area contributed by atoms with Crippen LogP contribution in [-0.2, 0) is 9.53 Å². The third kappa shape index (κ3) is 2.08. The second-order valence-corrected chi connectivity index (χ2v) is 4.12. The van der Waals surface area contributed by atoms with Gasteiger partial charge in [-0.25, -0.2) is 0 Å². The molecule has 1 N–H and O–H groups in total. The second kappa shape index (κ2) is 4.78. The van der Waals surface area contributed by atoms with E-state index in [9.17, 15) is 4.79 Å². The first kappa shape index (κ1) is 11.5. The summed E-state index contributed by atoms with van der Waals surface area (Å²) in [5, 5.41) is 3.31. The lowest BCUT2D eigenvalue weighted by atomic mass is 9.87. The Bertz CT molecular complexity index is 205. The van der Waals surface area contributed by atoms with Crippen molar-refractivity contribution < 1.29 is 9.53 Å². The summed E-state index contributed by atoms with van der Waals surface area (Å²) in [7, 11) is 0. The molecule has 0 spiro atoms. The van der Waals surface area contributed by atoms with Gasteiger partial charge in [0.25, 0.3) is 0 Å². The Labute approximate surface area is 86.2 Å². The minimum Gasteiger partial charge on any atom is -0.465 e. The molecule has 1 aliphatic heterocycles. The third-order valence-electron chi connectivity index (χ3n) is 3.30. The van der Waals surface area contributed by atoms with Gasteiger partial charge in [0.15, 0.2) is 0 Å². The van der Waals surface area contributed by atoms with Gasteiger partial charge in [0.05, 0.1) is 6.61 Å². The Balaban J connectivity index is 2.61. The van der Waals surface area contributed by atoms with Crippen molar-refractivity contribution in [2.75, 3.05) is 6.61 Å². The molecule has 1 aliphatic rings. The van der Waals surface area contributed by atoms with Crippen molar-refractivity contribution in [2.24, 2.45) is 11.8 Å². The molecule has 3 nitrogen and oxygen atoms in total. The average molecular weight is 199 g/mol. The Hall–Kier alpha value is -0.570. The molecule has 1 fully saturated rings. The molecule has 0 aromatic heterocycles. The van der Waals surface area contributed by atoms with E-state index in [1.807, 2.05) is 6.92 Å².